The molecule has 3 atom stereocenters. The van der Waals surface area contributed by atoms with Crippen LogP contribution >= 0.6 is 0 Å². The quantitative estimate of drug-likeness (QED) is 0.904. The fourth-order valence-electron chi connectivity index (χ4n) is 3.14. The minimum absolute atomic E-state index is 0.156. The Kier molecular flexibility index (Phi) is 3.46. The van der Waals surface area contributed by atoms with E-state index in [4.69, 9.17) is 10.5 Å². The van der Waals surface area contributed by atoms with Crippen molar-refractivity contribution in [2.75, 3.05) is 19.6 Å². The third-order valence-corrected chi connectivity index (χ3v) is 4.28. The summed E-state index contributed by atoms with van der Waals surface area (Å²) in [6, 6.07) is 5.05. The lowest BCUT2D eigenvalue weighted by Crippen LogP contribution is -2.35. The van der Waals surface area contributed by atoms with E-state index >= 15 is 0 Å². The number of ether oxygens (including phenoxy) is 1. The summed E-state index contributed by atoms with van der Waals surface area (Å²) >= 11 is 0. The van der Waals surface area contributed by atoms with E-state index in [-0.39, 0.29) is 18.0 Å². The lowest BCUT2D eigenvalue weighted by Gasteiger charge is -2.21. The van der Waals surface area contributed by atoms with Gasteiger partial charge in [0.05, 0.1) is 0 Å². The molecular formula is C15H21FN2O. The van der Waals surface area contributed by atoms with Crippen LogP contribution in [0.2, 0.25) is 0 Å². The second kappa shape index (κ2) is 5.10. The minimum atomic E-state index is -0.179. The third-order valence-electron chi connectivity index (χ3n) is 4.28. The molecule has 4 heteroatoms. The molecule has 1 aromatic carbocycles. The van der Waals surface area contributed by atoms with Gasteiger partial charge in [-0.25, -0.2) is 4.39 Å². The van der Waals surface area contributed by atoms with Gasteiger partial charge in [-0.2, -0.15) is 0 Å². The molecule has 0 spiro atoms. The summed E-state index contributed by atoms with van der Waals surface area (Å²) in [6.45, 7) is 5.15. The van der Waals surface area contributed by atoms with E-state index in [1.165, 1.54) is 12.5 Å². The lowest BCUT2D eigenvalue weighted by molar-refractivity contribution is 0.164. The molecular weight excluding hydrogens is 243 g/mol. The van der Waals surface area contributed by atoms with Gasteiger partial charge in [0, 0.05) is 31.1 Å². The lowest BCUT2D eigenvalue weighted by atomic mass is 10.0. The third kappa shape index (κ3) is 2.74. The molecule has 19 heavy (non-hydrogen) atoms. The van der Waals surface area contributed by atoms with Crippen molar-refractivity contribution in [2.45, 2.75) is 31.9 Å². The first-order chi connectivity index (χ1) is 9.11. The molecule has 3 rings (SSSR count). The molecule has 3 nitrogen and oxygen atoms in total. The molecule has 0 radical (unpaired) electrons. The molecule has 0 bridgehead atoms. The standard InChI is InChI=1S/C15H21FN2O/c1-10(17)11-4-5-18(8-11)9-14-7-12-6-13(16)2-3-15(12)19-14/h2-3,6,10-11,14H,4-5,7-9,17H2,1H3. The van der Waals surface area contributed by atoms with Gasteiger partial charge in [0.1, 0.15) is 17.7 Å². The molecule has 0 saturated carbocycles. The van der Waals surface area contributed by atoms with Crippen LogP contribution in [0.5, 0.6) is 5.75 Å². The van der Waals surface area contributed by atoms with Crippen LogP contribution in [0.15, 0.2) is 18.2 Å². The Morgan fingerprint density at radius 2 is 2.37 bits per heavy atom. The normalized spacial score (nSPS) is 28.2. The van der Waals surface area contributed by atoms with Gasteiger partial charge in [0.15, 0.2) is 0 Å². The van der Waals surface area contributed by atoms with Gasteiger partial charge in [-0.05, 0) is 44.0 Å². The Balaban J connectivity index is 1.56. The maximum absolute atomic E-state index is 13.2. The highest BCUT2D eigenvalue weighted by molar-refractivity contribution is 5.37. The van der Waals surface area contributed by atoms with Gasteiger partial charge in [-0.1, -0.05) is 0 Å². The molecule has 0 aromatic heterocycles. The molecule has 0 amide bonds. The summed E-state index contributed by atoms with van der Waals surface area (Å²) in [5.74, 6) is 1.26. The molecule has 2 heterocycles. The largest absolute Gasteiger partial charge is 0.488 e. The average Bonchev–Trinajstić information content (AvgIpc) is 2.95. The summed E-state index contributed by atoms with van der Waals surface area (Å²) in [4.78, 5) is 2.42. The number of hydrogen-bond donors (Lipinski definition) is 1. The number of fused-ring (bicyclic) bond motifs is 1. The Morgan fingerprint density at radius 1 is 1.53 bits per heavy atom. The van der Waals surface area contributed by atoms with Gasteiger partial charge in [0.2, 0.25) is 0 Å². The monoisotopic (exact) mass is 264 g/mol. The highest BCUT2D eigenvalue weighted by atomic mass is 19.1. The van der Waals surface area contributed by atoms with E-state index < -0.39 is 0 Å². The maximum Gasteiger partial charge on any atom is 0.123 e. The van der Waals surface area contributed by atoms with Crippen LogP contribution in [-0.2, 0) is 6.42 Å². The topological polar surface area (TPSA) is 38.5 Å². The molecule has 1 fully saturated rings. The first-order valence-electron chi connectivity index (χ1n) is 7.05. The number of likely N-dealkylation sites (tertiary alicyclic amines) is 1. The number of nitrogens with two attached hydrogens (primary N) is 1. The van der Waals surface area contributed by atoms with Gasteiger partial charge < -0.3 is 10.5 Å². The molecule has 2 aliphatic heterocycles. The Bertz CT molecular complexity index is 463. The average molecular weight is 264 g/mol. The van der Waals surface area contributed by atoms with Crippen molar-refractivity contribution in [2.24, 2.45) is 11.7 Å². The molecule has 1 aromatic rings. The van der Waals surface area contributed by atoms with E-state index in [1.54, 1.807) is 12.1 Å². The Labute approximate surface area is 113 Å². The van der Waals surface area contributed by atoms with Gasteiger partial charge in [0.25, 0.3) is 0 Å². The first-order valence-corrected chi connectivity index (χ1v) is 7.05. The molecule has 1 saturated heterocycles. The second-order valence-electron chi connectivity index (χ2n) is 5.86. The van der Waals surface area contributed by atoms with Crippen molar-refractivity contribution in [1.29, 1.82) is 0 Å². The molecule has 2 aliphatic rings. The number of nitrogens with zero attached hydrogens (tertiary/aromatic N) is 1. The van der Waals surface area contributed by atoms with Crippen molar-refractivity contribution in [3.05, 3.63) is 29.6 Å². The first kappa shape index (κ1) is 12.9. The zero-order chi connectivity index (χ0) is 13.4. The number of hydrogen-bond acceptors (Lipinski definition) is 3. The molecule has 104 valence electrons. The maximum atomic E-state index is 13.2. The zero-order valence-electron chi connectivity index (χ0n) is 11.3. The van der Waals surface area contributed by atoms with Crippen molar-refractivity contribution in [3.8, 4) is 5.75 Å². The SMILES string of the molecule is CC(N)C1CCN(CC2Cc3cc(F)ccc3O2)C1. The van der Waals surface area contributed by atoms with Gasteiger partial charge >= 0.3 is 0 Å². The summed E-state index contributed by atoms with van der Waals surface area (Å²) in [5.41, 5.74) is 6.95. The fourth-order valence-corrected chi connectivity index (χ4v) is 3.14. The highest BCUT2D eigenvalue weighted by Gasteiger charge is 2.30. The van der Waals surface area contributed by atoms with Crippen molar-refractivity contribution in [3.63, 3.8) is 0 Å². The smallest absolute Gasteiger partial charge is 0.123 e. The van der Waals surface area contributed by atoms with Crippen LogP contribution in [0, 0.1) is 11.7 Å². The summed E-state index contributed by atoms with van der Waals surface area (Å²) in [6.07, 6.45) is 2.14. The van der Waals surface area contributed by atoms with Crippen molar-refractivity contribution in [1.82, 2.24) is 4.90 Å². The molecule has 3 unspecified atom stereocenters. The van der Waals surface area contributed by atoms with Crippen molar-refractivity contribution < 1.29 is 9.13 Å². The highest BCUT2D eigenvalue weighted by Crippen LogP contribution is 2.30. The van der Waals surface area contributed by atoms with E-state index in [0.717, 1.165) is 37.4 Å². The predicted octanol–water partition coefficient (Wildman–Crippen LogP) is 1.80. The van der Waals surface area contributed by atoms with Crippen molar-refractivity contribution >= 4 is 0 Å². The van der Waals surface area contributed by atoms with Crippen LogP contribution < -0.4 is 10.5 Å². The summed E-state index contributed by atoms with van der Waals surface area (Å²) in [5, 5.41) is 0. The van der Waals surface area contributed by atoms with Crippen LogP contribution in [-0.4, -0.2) is 36.7 Å². The summed E-state index contributed by atoms with van der Waals surface area (Å²) in [7, 11) is 0. The van der Waals surface area contributed by atoms with Crippen LogP contribution in [0.25, 0.3) is 0 Å². The Hall–Kier alpha value is -1.13. The molecule has 2 N–H and O–H groups in total. The second-order valence-corrected chi connectivity index (χ2v) is 5.86. The van der Waals surface area contributed by atoms with Crippen LogP contribution in [0.4, 0.5) is 4.39 Å². The fraction of sp³-hybridized carbons (Fsp3) is 0.600. The number of halogens is 1. The van der Waals surface area contributed by atoms with E-state index in [1.807, 2.05) is 0 Å². The zero-order valence-corrected chi connectivity index (χ0v) is 11.3. The van der Waals surface area contributed by atoms with Gasteiger partial charge in [-0.3, -0.25) is 4.90 Å². The Morgan fingerprint density at radius 3 is 3.11 bits per heavy atom. The summed E-state index contributed by atoms with van der Waals surface area (Å²) < 4.78 is 19.0. The predicted molar refractivity (Wildman–Crippen MR) is 72.7 cm³/mol. The van der Waals surface area contributed by atoms with Crippen LogP contribution in [0.1, 0.15) is 18.9 Å². The van der Waals surface area contributed by atoms with E-state index in [9.17, 15) is 4.39 Å². The minimum Gasteiger partial charge on any atom is -0.488 e. The van der Waals surface area contributed by atoms with Crippen LogP contribution in [0.3, 0.4) is 0 Å². The van der Waals surface area contributed by atoms with Gasteiger partial charge in [-0.15, -0.1) is 0 Å². The number of rotatable bonds is 3. The van der Waals surface area contributed by atoms with E-state index in [2.05, 4.69) is 11.8 Å². The van der Waals surface area contributed by atoms with E-state index in [0.29, 0.717) is 5.92 Å². The number of benzene rings is 1. The molecule has 0 aliphatic carbocycles.